The van der Waals surface area contributed by atoms with Crippen LogP contribution >= 0.6 is 0 Å². The fourth-order valence-electron chi connectivity index (χ4n) is 4.79. The molecule has 1 fully saturated rings. The van der Waals surface area contributed by atoms with Crippen LogP contribution in [0, 0.1) is 0 Å². The Labute approximate surface area is 174 Å². The van der Waals surface area contributed by atoms with E-state index in [4.69, 9.17) is 4.74 Å². The topological polar surface area (TPSA) is 65.6 Å². The molecular formula is C24H23N3O3. The molecule has 0 saturated carbocycles. The Morgan fingerprint density at radius 2 is 2.03 bits per heavy atom. The van der Waals surface area contributed by atoms with Gasteiger partial charge in [0.25, 0.3) is 0 Å². The molecule has 152 valence electrons. The SMILES string of the molecule is C=CCN1CC(=O)N2[C@H](c3cccc(OC)c3)c3[nH]c4ccccc4c3C[C@H]2C1=O. The summed E-state index contributed by atoms with van der Waals surface area (Å²) in [6, 6.07) is 14.9. The van der Waals surface area contributed by atoms with Crippen LogP contribution in [-0.2, 0) is 16.0 Å². The smallest absolute Gasteiger partial charge is 0.246 e. The van der Waals surface area contributed by atoms with E-state index in [1.165, 1.54) is 0 Å². The van der Waals surface area contributed by atoms with Crippen LogP contribution in [0.4, 0.5) is 0 Å². The number of carbonyl (C=O) groups is 2. The molecule has 0 radical (unpaired) electrons. The number of methoxy groups -OCH3 is 1. The first-order valence-electron chi connectivity index (χ1n) is 10.1. The second kappa shape index (κ2) is 7.06. The van der Waals surface area contributed by atoms with Crippen LogP contribution < -0.4 is 4.74 Å². The van der Waals surface area contributed by atoms with Gasteiger partial charge in [-0.3, -0.25) is 9.59 Å². The lowest BCUT2D eigenvalue weighted by Crippen LogP contribution is -2.62. The summed E-state index contributed by atoms with van der Waals surface area (Å²) in [5.41, 5.74) is 4.00. The van der Waals surface area contributed by atoms with E-state index in [1.54, 1.807) is 23.0 Å². The van der Waals surface area contributed by atoms with Crippen LogP contribution in [0.1, 0.15) is 22.9 Å². The molecule has 6 nitrogen and oxygen atoms in total. The molecule has 0 aliphatic carbocycles. The van der Waals surface area contributed by atoms with Crippen LogP contribution in [0.2, 0.25) is 0 Å². The van der Waals surface area contributed by atoms with E-state index in [0.717, 1.165) is 33.5 Å². The minimum Gasteiger partial charge on any atom is -0.497 e. The van der Waals surface area contributed by atoms with Crippen LogP contribution in [0.15, 0.2) is 61.2 Å². The van der Waals surface area contributed by atoms with Crippen LogP contribution in [0.3, 0.4) is 0 Å². The second-order valence-corrected chi connectivity index (χ2v) is 7.77. The lowest BCUT2D eigenvalue weighted by molar-refractivity contribution is -0.158. The van der Waals surface area contributed by atoms with Gasteiger partial charge in [-0.2, -0.15) is 0 Å². The summed E-state index contributed by atoms with van der Waals surface area (Å²) in [6.45, 7) is 4.17. The van der Waals surface area contributed by atoms with E-state index in [-0.39, 0.29) is 24.4 Å². The summed E-state index contributed by atoms with van der Waals surface area (Å²) in [5, 5.41) is 1.10. The van der Waals surface area contributed by atoms with Crippen molar-refractivity contribution in [3.8, 4) is 5.75 Å². The van der Waals surface area contributed by atoms with Crippen molar-refractivity contribution in [2.45, 2.75) is 18.5 Å². The number of aromatic amines is 1. The summed E-state index contributed by atoms with van der Waals surface area (Å²) in [6.07, 6.45) is 2.17. The van der Waals surface area contributed by atoms with Gasteiger partial charge in [-0.15, -0.1) is 6.58 Å². The largest absolute Gasteiger partial charge is 0.497 e. The van der Waals surface area contributed by atoms with Crippen LogP contribution in [0.5, 0.6) is 5.75 Å². The molecule has 3 aromatic rings. The van der Waals surface area contributed by atoms with E-state index < -0.39 is 6.04 Å². The van der Waals surface area contributed by atoms with Gasteiger partial charge in [0.2, 0.25) is 11.8 Å². The Kier molecular flexibility index (Phi) is 4.35. The maximum atomic E-state index is 13.3. The number of ether oxygens (including phenoxy) is 1. The first kappa shape index (κ1) is 18.5. The highest BCUT2D eigenvalue weighted by atomic mass is 16.5. The fraction of sp³-hybridized carbons (Fsp3) is 0.250. The number of hydrogen-bond acceptors (Lipinski definition) is 3. The number of piperazine rings is 1. The summed E-state index contributed by atoms with van der Waals surface area (Å²) >= 11 is 0. The minimum atomic E-state index is -0.533. The first-order valence-corrected chi connectivity index (χ1v) is 10.1. The summed E-state index contributed by atoms with van der Waals surface area (Å²) in [7, 11) is 1.62. The number of amides is 2. The van der Waals surface area contributed by atoms with Crippen molar-refractivity contribution in [3.05, 3.63) is 78.0 Å². The number of hydrogen-bond donors (Lipinski definition) is 1. The molecule has 2 aliphatic rings. The zero-order valence-corrected chi connectivity index (χ0v) is 16.8. The van der Waals surface area contributed by atoms with Crippen molar-refractivity contribution < 1.29 is 14.3 Å². The number of carbonyl (C=O) groups excluding carboxylic acids is 2. The number of aromatic nitrogens is 1. The first-order chi connectivity index (χ1) is 14.6. The van der Waals surface area contributed by atoms with Crippen LogP contribution in [-0.4, -0.2) is 52.8 Å². The molecule has 0 spiro atoms. The predicted molar refractivity (Wildman–Crippen MR) is 114 cm³/mol. The van der Waals surface area contributed by atoms with Gasteiger partial charge in [0, 0.05) is 29.6 Å². The van der Waals surface area contributed by atoms with Crippen molar-refractivity contribution in [1.82, 2.24) is 14.8 Å². The van der Waals surface area contributed by atoms with E-state index in [0.29, 0.717) is 13.0 Å². The van der Waals surface area contributed by atoms with E-state index in [9.17, 15) is 9.59 Å². The molecule has 5 rings (SSSR count). The molecule has 1 aromatic heterocycles. The molecule has 2 aromatic carbocycles. The third-order valence-corrected chi connectivity index (χ3v) is 6.10. The highest BCUT2D eigenvalue weighted by molar-refractivity contribution is 5.97. The molecule has 30 heavy (non-hydrogen) atoms. The highest BCUT2D eigenvalue weighted by Crippen LogP contribution is 2.43. The Balaban J connectivity index is 1.72. The lowest BCUT2D eigenvalue weighted by Gasteiger charge is -2.47. The Bertz CT molecular complexity index is 1170. The van der Waals surface area contributed by atoms with E-state index in [1.807, 2.05) is 42.5 Å². The second-order valence-electron chi connectivity index (χ2n) is 7.77. The number of H-pyrrole nitrogens is 1. The van der Waals surface area contributed by atoms with Gasteiger partial charge in [-0.25, -0.2) is 0 Å². The molecule has 2 atom stereocenters. The number of para-hydroxylation sites is 1. The molecule has 2 aliphatic heterocycles. The van der Waals surface area contributed by atoms with Crippen LogP contribution in [0.25, 0.3) is 10.9 Å². The average molecular weight is 401 g/mol. The summed E-state index contributed by atoms with van der Waals surface area (Å²) in [5.74, 6) is 0.633. The van der Waals surface area contributed by atoms with Crippen molar-refractivity contribution in [3.63, 3.8) is 0 Å². The zero-order chi connectivity index (χ0) is 20.8. The molecule has 6 heteroatoms. The molecule has 0 unspecified atom stereocenters. The third-order valence-electron chi connectivity index (χ3n) is 6.10. The maximum absolute atomic E-state index is 13.3. The monoisotopic (exact) mass is 401 g/mol. The Morgan fingerprint density at radius 3 is 2.83 bits per heavy atom. The molecule has 2 amide bonds. The van der Waals surface area contributed by atoms with Crippen molar-refractivity contribution >= 4 is 22.7 Å². The van der Waals surface area contributed by atoms with E-state index in [2.05, 4.69) is 17.6 Å². The number of nitrogens with zero attached hydrogens (tertiary/aromatic N) is 2. The van der Waals surface area contributed by atoms with Gasteiger partial charge >= 0.3 is 0 Å². The molecule has 1 saturated heterocycles. The molecule has 1 N–H and O–H groups in total. The standard InChI is InChI=1S/C24H23N3O3/c1-3-11-26-14-21(28)27-20(24(26)29)13-18-17-9-4-5-10-19(17)25-22(18)23(27)15-7-6-8-16(12-15)30-2/h3-10,12,20,23,25H,1,11,13-14H2,2H3/t20-,23+/m0/s1. The van der Waals surface area contributed by atoms with Gasteiger partial charge in [0.1, 0.15) is 18.3 Å². The van der Waals surface area contributed by atoms with E-state index >= 15 is 0 Å². The van der Waals surface area contributed by atoms with Gasteiger partial charge < -0.3 is 19.5 Å². The Hall–Kier alpha value is -3.54. The summed E-state index contributed by atoms with van der Waals surface area (Å²) in [4.78, 5) is 33.5. The molecular weight excluding hydrogens is 378 g/mol. The number of nitrogens with one attached hydrogen (secondary N) is 1. The predicted octanol–water partition coefficient (Wildman–Crippen LogP) is 3.05. The maximum Gasteiger partial charge on any atom is 0.246 e. The summed E-state index contributed by atoms with van der Waals surface area (Å²) < 4.78 is 5.43. The van der Waals surface area contributed by atoms with Gasteiger partial charge in [-0.05, 0) is 29.3 Å². The van der Waals surface area contributed by atoms with Crippen molar-refractivity contribution in [2.75, 3.05) is 20.2 Å². The van der Waals surface area contributed by atoms with Crippen molar-refractivity contribution in [1.29, 1.82) is 0 Å². The minimum absolute atomic E-state index is 0.0293. The van der Waals surface area contributed by atoms with Gasteiger partial charge in [0.15, 0.2) is 0 Å². The van der Waals surface area contributed by atoms with Crippen molar-refractivity contribution in [2.24, 2.45) is 0 Å². The van der Waals surface area contributed by atoms with Gasteiger partial charge in [0.05, 0.1) is 13.2 Å². The molecule has 3 heterocycles. The van der Waals surface area contributed by atoms with Gasteiger partial charge in [-0.1, -0.05) is 36.4 Å². The Morgan fingerprint density at radius 1 is 1.20 bits per heavy atom. The average Bonchev–Trinajstić information content (AvgIpc) is 3.14. The fourth-order valence-corrected chi connectivity index (χ4v) is 4.79. The molecule has 0 bridgehead atoms. The number of rotatable bonds is 4. The lowest BCUT2D eigenvalue weighted by atomic mass is 9.86. The number of fused-ring (bicyclic) bond motifs is 4. The normalized spacial score (nSPS) is 20.8. The third kappa shape index (κ3) is 2.71. The number of benzene rings is 2. The zero-order valence-electron chi connectivity index (χ0n) is 16.8. The highest BCUT2D eigenvalue weighted by Gasteiger charge is 2.47. The quantitative estimate of drug-likeness (QED) is 0.684.